The van der Waals surface area contributed by atoms with Crippen LogP contribution < -0.4 is 15.2 Å². The van der Waals surface area contributed by atoms with Crippen LogP contribution in [0.25, 0.3) is 11.1 Å². The molecule has 7 heteroatoms. The Balaban J connectivity index is 1.97. The molecule has 1 atom stereocenters. The van der Waals surface area contributed by atoms with E-state index in [1.54, 1.807) is 34.5 Å². The molecule has 0 bridgehead atoms. The molecule has 1 aliphatic rings. The highest BCUT2D eigenvalue weighted by atomic mass is 35.5. The third-order valence-corrected chi connectivity index (χ3v) is 5.67. The van der Waals surface area contributed by atoms with Crippen LogP contribution in [0.3, 0.4) is 0 Å². The maximum absolute atomic E-state index is 13.1. The molecule has 0 radical (unpaired) electrons. The predicted molar refractivity (Wildman–Crippen MR) is 90.3 cm³/mol. The van der Waals surface area contributed by atoms with E-state index in [1.165, 1.54) is 11.3 Å². The average Bonchev–Trinajstić information content (AvgIpc) is 3.20. The molecule has 0 spiro atoms. The van der Waals surface area contributed by atoms with Gasteiger partial charge in [0.25, 0.3) is 5.82 Å². The molecule has 2 aromatic heterocycles. The molecule has 0 aliphatic carbocycles. The number of hydrogen-bond acceptors (Lipinski definition) is 4. The van der Waals surface area contributed by atoms with E-state index in [-0.39, 0.29) is 23.0 Å². The van der Waals surface area contributed by atoms with Gasteiger partial charge in [-0.25, -0.2) is 14.3 Å². The number of thiazole rings is 1. The SMILES string of the molecule is C[n+]1c([O-])c(-c2ccccc2)c(=O)n2c1CCC2c1cnc(Cl)s1. The summed E-state index contributed by atoms with van der Waals surface area (Å²) in [6, 6.07) is 8.98. The van der Waals surface area contributed by atoms with Crippen LogP contribution >= 0.6 is 22.9 Å². The topological polar surface area (TPSA) is 61.8 Å². The molecule has 1 aromatic carbocycles. The van der Waals surface area contributed by atoms with Crippen LogP contribution in [0.1, 0.15) is 23.2 Å². The van der Waals surface area contributed by atoms with Crippen LogP contribution in [0.4, 0.5) is 0 Å². The van der Waals surface area contributed by atoms with Gasteiger partial charge in [0.1, 0.15) is 11.6 Å². The summed E-state index contributed by atoms with van der Waals surface area (Å²) < 4.78 is 3.78. The standard InChI is InChI=1S/C17H14ClN3O2S/c1-20-13-8-7-11(12-9-19-17(18)24-12)21(13)16(23)14(15(20)22)10-5-3-2-4-6-10/h2-6,9,11H,7-8H2,1H3. The predicted octanol–water partition coefficient (Wildman–Crippen LogP) is 2.06. The van der Waals surface area contributed by atoms with E-state index in [2.05, 4.69) is 4.98 Å². The Morgan fingerprint density at radius 3 is 2.79 bits per heavy atom. The molecule has 1 aliphatic heterocycles. The first-order valence-corrected chi connectivity index (χ1v) is 8.78. The number of rotatable bonds is 2. The zero-order chi connectivity index (χ0) is 16.8. The van der Waals surface area contributed by atoms with Gasteiger partial charge in [0.15, 0.2) is 4.47 Å². The van der Waals surface area contributed by atoms with Gasteiger partial charge < -0.3 is 5.11 Å². The van der Waals surface area contributed by atoms with E-state index in [9.17, 15) is 9.90 Å². The summed E-state index contributed by atoms with van der Waals surface area (Å²) in [7, 11) is 1.72. The van der Waals surface area contributed by atoms with Gasteiger partial charge in [-0.3, -0.25) is 0 Å². The van der Waals surface area contributed by atoms with Crippen molar-refractivity contribution in [1.29, 1.82) is 0 Å². The van der Waals surface area contributed by atoms with E-state index in [4.69, 9.17) is 11.6 Å². The Labute approximate surface area is 147 Å². The van der Waals surface area contributed by atoms with Crippen LogP contribution in [0, 0.1) is 0 Å². The molecular weight excluding hydrogens is 346 g/mol. The highest BCUT2D eigenvalue weighted by molar-refractivity contribution is 7.15. The van der Waals surface area contributed by atoms with Gasteiger partial charge in [-0.15, -0.1) is 11.3 Å². The summed E-state index contributed by atoms with van der Waals surface area (Å²) in [6.07, 6.45) is 3.15. The minimum atomic E-state index is -0.250. The summed E-state index contributed by atoms with van der Waals surface area (Å²) in [5, 5.41) is 12.7. The lowest BCUT2D eigenvalue weighted by atomic mass is 10.1. The van der Waals surface area contributed by atoms with Gasteiger partial charge >= 0.3 is 5.56 Å². The highest BCUT2D eigenvalue weighted by Crippen LogP contribution is 2.35. The zero-order valence-electron chi connectivity index (χ0n) is 12.9. The maximum Gasteiger partial charge on any atom is 0.345 e. The van der Waals surface area contributed by atoms with Crippen LogP contribution in [-0.2, 0) is 13.5 Å². The first-order chi connectivity index (χ1) is 11.6. The van der Waals surface area contributed by atoms with E-state index >= 15 is 0 Å². The Hall–Kier alpha value is -2.18. The first-order valence-electron chi connectivity index (χ1n) is 7.59. The zero-order valence-corrected chi connectivity index (χ0v) is 14.5. The number of benzene rings is 1. The molecule has 0 N–H and O–H groups in total. The fourth-order valence-corrected chi connectivity index (χ4v) is 4.40. The van der Waals surface area contributed by atoms with Crippen molar-refractivity contribution in [2.45, 2.75) is 18.9 Å². The molecule has 4 rings (SSSR count). The van der Waals surface area contributed by atoms with Crippen molar-refractivity contribution in [3.63, 3.8) is 0 Å². The Bertz CT molecular complexity index is 981. The van der Waals surface area contributed by atoms with E-state index in [0.717, 1.165) is 17.1 Å². The van der Waals surface area contributed by atoms with Crippen molar-refractivity contribution >= 4 is 22.9 Å². The van der Waals surface area contributed by atoms with Crippen molar-refractivity contribution in [1.82, 2.24) is 9.55 Å². The van der Waals surface area contributed by atoms with Crippen LogP contribution in [0.2, 0.25) is 4.47 Å². The van der Waals surface area contributed by atoms with Crippen molar-refractivity contribution in [3.8, 4) is 17.0 Å². The fourth-order valence-electron chi connectivity index (χ4n) is 3.32. The number of fused-ring (bicyclic) bond motifs is 1. The second kappa shape index (κ2) is 5.72. The molecule has 0 amide bonds. The molecule has 1 unspecified atom stereocenters. The second-order valence-electron chi connectivity index (χ2n) is 5.77. The third-order valence-electron chi connectivity index (χ3n) is 4.46. The van der Waals surface area contributed by atoms with Crippen LogP contribution in [0.15, 0.2) is 41.3 Å². The molecule has 5 nitrogen and oxygen atoms in total. The molecule has 24 heavy (non-hydrogen) atoms. The lowest BCUT2D eigenvalue weighted by molar-refractivity contribution is -0.723. The quantitative estimate of drug-likeness (QED) is 0.658. The van der Waals surface area contributed by atoms with Gasteiger partial charge in [0.05, 0.1) is 24.2 Å². The minimum Gasteiger partial charge on any atom is -0.842 e. The Kier molecular flexibility index (Phi) is 3.66. The minimum absolute atomic E-state index is 0.119. The summed E-state index contributed by atoms with van der Waals surface area (Å²) in [6.45, 7) is 0. The Morgan fingerprint density at radius 2 is 2.12 bits per heavy atom. The molecule has 0 fully saturated rings. The van der Waals surface area contributed by atoms with Crippen molar-refractivity contribution in [2.75, 3.05) is 0 Å². The van der Waals surface area contributed by atoms with Crippen molar-refractivity contribution in [2.24, 2.45) is 7.05 Å². The normalized spacial score (nSPS) is 16.3. The number of nitrogens with zero attached hydrogens (tertiary/aromatic N) is 3. The number of aromatic nitrogens is 3. The average molecular weight is 360 g/mol. The fraction of sp³-hybridized carbons (Fsp3) is 0.235. The summed E-state index contributed by atoms with van der Waals surface area (Å²) >= 11 is 7.33. The summed E-state index contributed by atoms with van der Waals surface area (Å²) in [5.41, 5.74) is 0.613. The van der Waals surface area contributed by atoms with Crippen LogP contribution in [0.5, 0.6) is 5.88 Å². The van der Waals surface area contributed by atoms with E-state index < -0.39 is 0 Å². The van der Waals surface area contributed by atoms with Gasteiger partial charge in [-0.2, -0.15) is 4.57 Å². The van der Waals surface area contributed by atoms with Crippen molar-refractivity contribution in [3.05, 3.63) is 62.1 Å². The highest BCUT2D eigenvalue weighted by Gasteiger charge is 2.36. The van der Waals surface area contributed by atoms with Gasteiger partial charge in [-0.1, -0.05) is 41.9 Å². The largest absolute Gasteiger partial charge is 0.842 e. The third kappa shape index (κ3) is 2.25. The lowest BCUT2D eigenvalue weighted by Gasteiger charge is -2.17. The van der Waals surface area contributed by atoms with E-state index in [1.807, 2.05) is 18.2 Å². The molecule has 3 aromatic rings. The lowest BCUT2D eigenvalue weighted by Crippen LogP contribution is -2.45. The second-order valence-corrected chi connectivity index (χ2v) is 7.41. The molecular formula is C17H14ClN3O2S. The van der Waals surface area contributed by atoms with Crippen LogP contribution in [-0.4, -0.2) is 9.55 Å². The first kappa shape index (κ1) is 15.4. The van der Waals surface area contributed by atoms with E-state index in [0.29, 0.717) is 16.5 Å². The Morgan fingerprint density at radius 1 is 1.38 bits per heavy atom. The monoisotopic (exact) mass is 359 g/mol. The molecule has 0 saturated carbocycles. The van der Waals surface area contributed by atoms with Crippen molar-refractivity contribution < 1.29 is 9.67 Å². The summed E-state index contributed by atoms with van der Waals surface area (Å²) in [5.74, 6) is 0.500. The smallest absolute Gasteiger partial charge is 0.345 e. The number of hydrogen-bond donors (Lipinski definition) is 0. The van der Waals surface area contributed by atoms with Gasteiger partial charge in [0.2, 0.25) is 0 Å². The van der Waals surface area contributed by atoms with Gasteiger partial charge in [0, 0.05) is 12.6 Å². The molecule has 3 heterocycles. The summed E-state index contributed by atoms with van der Waals surface area (Å²) in [4.78, 5) is 18.2. The van der Waals surface area contributed by atoms with Gasteiger partial charge in [-0.05, 0) is 5.56 Å². The maximum atomic E-state index is 13.1. The number of halogens is 1. The molecule has 0 saturated heterocycles. The molecule has 122 valence electrons.